The fraction of sp³-hybridized carbons (Fsp3) is 0.250. The molecule has 3 heteroatoms. The molecule has 3 nitrogen and oxygen atoms in total. The number of amides is 1. The first-order valence-corrected chi connectivity index (χ1v) is 1.67. The van der Waals surface area contributed by atoms with Crippen molar-refractivity contribution < 1.29 is 4.79 Å². The number of carbonyl (C=O) groups excluding carboxylic acids is 1. The molecule has 38 valence electrons. The van der Waals surface area contributed by atoms with Crippen molar-refractivity contribution in [3.63, 3.8) is 0 Å². The lowest BCUT2D eigenvalue weighted by Gasteiger charge is -2.01. The highest BCUT2D eigenvalue weighted by molar-refractivity contribution is 5.92. The van der Waals surface area contributed by atoms with Gasteiger partial charge in [0.2, 0.25) is 0 Å². The van der Waals surface area contributed by atoms with Crippen LogP contribution < -0.4 is 5.84 Å². The van der Waals surface area contributed by atoms with Crippen molar-refractivity contribution in [1.29, 1.82) is 0 Å². The van der Waals surface area contributed by atoms with E-state index in [-0.39, 0.29) is 0 Å². The molecule has 0 fully saturated rings. The van der Waals surface area contributed by atoms with E-state index in [4.69, 9.17) is 5.84 Å². The van der Waals surface area contributed by atoms with Crippen LogP contribution in [0.4, 0.5) is 0 Å². The third kappa shape index (κ3) is 1.79. The second kappa shape index (κ2) is 2.21. The van der Waals surface area contributed by atoms with Crippen LogP contribution in [0.2, 0.25) is 0 Å². The van der Waals surface area contributed by atoms with Crippen molar-refractivity contribution in [3.8, 4) is 12.3 Å². The molecule has 0 aliphatic carbocycles. The van der Waals surface area contributed by atoms with E-state index >= 15 is 0 Å². The second-order valence-electron chi connectivity index (χ2n) is 1.06. The van der Waals surface area contributed by atoms with Crippen molar-refractivity contribution in [1.82, 2.24) is 5.01 Å². The van der Waals surface area contributed by atoms with Crippen LogP contribution in [-0.4, -0.2) is 18.0 Å². The van der Waals surface area contributed by atoms with E-state index in [1.54, 1.807) is 0 Å². The minimum absolute atomic E-state index is 0.514. The third-order valence-electron chi connectivity index (χ3n) is 0.444. The molecule has 0 bridgehead atoms. The number of hydrogen-bond acceptors (Lipinski definition) is 2. The number of carbonyl (C=O) groups is 1. The van der Waals surface area contributed by atoms with Crippen molar-refractivity contribution in [2.24, 2.45) is 5.84 Å². The minimum Gasteiger partial charge on any atom is -0.273 e. The Labute approximate surface area is 42.1 Å². The van der Waals surface area contributed by atoms with Crippen LogP contribution in [0.1, 0.15) is 0 Å². The zero-order valence-corrected chi connectivity index (χ0v) is 4.01. The van der Waals surface area contributed by atoms with E-state index in [0.29, 0.717) is 0 Å². The Morgan fingerprint density at radius 1 is 2.00 bits per heavy atom. The number of nitrogens with zero attached hydrogens (tertiary/aromatic N) is 1. The second-order valence-corrected chi connectivity index (χ2v) is 1.06. The van der Waals surface area contributed by atoms with Gasteiger partial charge in [-0.25, -0.2) is 5.84 Å². The molecule has 0 rings (SSSR count). The van der Waals surface area contributed by atoms with E-state index in [1.807, 2.05) is 5.92 Å². The van der Waals surface area contributed by atoms with E-state index in [9.17, 15) is 4.79 Å². The lowest BCUT2D eigenvalue weighted by Crippen LogP contribution is -2.31. The molecule has 0 aromatic heterocycles. The van der Waals surface area contributed by atoms with Gasteiger partial charge in [-0.15, -0.1) is 6.42 Å². The fourth-order valence-corrected chi connectivity index (χ4v) is 0.102. The first kappa shape index (κ1) is 5.99. The maximum absolute atomic E-state index is 10.1. The van der Waals surface area contributed by atoms with Gasteiger partial charge in [-0.05, 0) is 5.92 Å². The molecule has 2 N–H and O–H groups in total. The molecule has 0 saturated heterocycles. The molecule has 0 aliphatic rings. The van der Waals surface area contributed by atoms with Crippen molar-refractivity contribution in [3.05, 3.63) is 0 Å². The molecule has 0 saturated carbocycles. The van der Waals surface area contributed by atoms with Crippen LogP contribution in [0.15, 0.2) is 0 Å². The topological polar surface area (TPSA) is 46.3 Å². The molecule has 0 spiro atoms. The average molecular weight is 98.1 g/mol. The van der Waals surface area contributed by atoms with Gasteiger partial charge in [-0.3, -0.25) is 9.80 Å². The lowest BCUT2D eigenvalue weighted by molar-refractivity contribution is -0.124. The highest BCUT2D eigenvalue weighted by atomic mass is 16.2. The van der Waals surface area contributed by atoms with Gasteiger partial charge in [-0.2, -0.15) is 0 Å². The van der Waals surface area contributed by atoms with Gasteiger partial charge in [-0.1, -0.05) is 0 Å². The zero-order valence-electron chi connectivity index (χ0n) is 4.01. The summed E-state index contributed by atoms with van der Waals surface area (Å²) in [4.78, 5) is 10.1. The van der Waals surface area contributed by atoms with E-state index < -0.39 is 5.91 Å². The third-order valence-corrected chi connectivity index (χ3v) is 0.444. The summed E-state index contributed by atoms with van der Waals surface area (Å²) in [5.74, 6) is 6.20. The Morgan fingerprint density at radius 2 is 2.43 bits per heavy atom. The Balaban J connectivity index is 3.64. The Morgan fingerprint density at radius 3 is 2.43 bits per heavy atom. The molecule has 0 unspecified atom stereocenters. The smallest absolute Gasteiger partial charge is 0.273 e. The van der Waals surface area contributed by atoms with E-state index in [1.165, 1.54) is 7.05 Å². The molecule has 0 atom stereocenters. The molecule has 0 aromatic carbocycles. The van der Waals surface area contributed by atoms with Gasteiger partial charge < -0.3 is 0 Å². The molecule has 0 radical (unpaired) electrons. The standard InChI is InChI=1S/C4H6N2O/c1-3-4(7)6(2)5/h1H,5H2,2H3. The summed E-state index contributed by atoms with van der Waals surface area (Å²) < 4.78 is 0. The fourth-order valence-electron chi connectivity index (χ4n) is 0.102. The van der Waals surface area contributed by atoms with Gasteiger partial charge in [0.1, 0.15) is 0 Å². The van der Waals surface area contributed by atoms with Crippen LogP contribution in [0.25, 0.3) is 0 Å². The lowest BCUT2D eigenvalue weighted by atomic mass is 10.6. The van der Waals surface area contributed by atoms with Crippen molar-refractivity contribution >= 4 is 5.91 Å². The maximum Gasteiger partial charge on any atom is 0.311 e. The number of hydrogen-bond donors (Lipinski definition) is 1. The van der Waals surface area contributed by atoms with Crippen molar-refractivity contribution in [2.45, 2.75) is 0 Å². The predicted molar refractivity (Wildman–Crippen MR) is 25.8 cm³/mol. The van der Waals surface area contributed by atoms with Crippen LogP contribution >= 0.6 is 0 Å². The molecular formula is C4H6N2O. The first-order valence-electron chi connectivity index (χ1n) is 1.67. The maximum atomic E-state index is 10.1. The summed E-state index contributed by atoms with van der Waals surface area (Å²) in [5.41, 5.74) is 0. The molecule has 0 heterocycles. The first-order chi connectivity index (χ1) is 3.18. The molecule has 7 heavy (non-hydrogen) atoms. The largest absolute Gasteiger partial charge is 0.311 e. The number of nitrogens with two attached hydrogens (primary N) is 1. The van der Waals surface area contributed by atoms with E-state index in [0.717, 1.165) is 5.01 Å². The molecule has 0 aliphatic heterocycles. The normalized spacial score (nSPS) is 7.00. The van der Waals surface area contributed by atoms with Gasteiger partial charge in [0, 0.05) is 7.05 Å². The number of terminal acetylenes is 1. The monoisotopic (exact) mass is 98.0 g/mol. The molecule has 0 aromatic rings. The highest BCUT2D eigenvalue weighted by Gasteiger charge is 1.93. The molecule has 1 amide bonds. The summed E-state index contributed by atoms with van der Waals surface area (Å²) in [6.07, 6.45) is 4.65. The minimum atomic E-state index is -0.514. The van der Waals surface area contributed by atoms with Crippen LogP contribution in [0.3, 0.4) is 0 Å². The van der Waals surface area contributed by atoms with Crippen LogP contribution in [0, 0.1) is 12.3 Å². The van der Waals surface area contributed by atoms with Gasteiger partial charge in [0.25, 0.3) is 0 Å². The van der Waals surface area contributed by atoms with Crippen LogP contribution in [-0.2, 0) is 4.79 Å². The number of rotatable bonds is 0. The summed E-state index contributed by atoms with van der Waals surface area (Å²) in [5, 5.41) is 0.847. The Kier molecular flexibility index (Phi) is 1.89. The highest BCUT2D eigenvalue weighted by Crippen LogP contribution is 1.65. The summed E-state index contributed by atoms with van der Waals surface area (Å²) in [6.45, 7) is 0. The summed E-state index contributed by atoms with van der Waals surface area (Å²) >= 11 is 0. The summed E-state index contributed by atoms with van der Waals surface area (Å²) in [6, 6.07) is 0. The molecular weight excluding hydrogens is 92.1 g/mol. The number of hydrazine groups is 1. The van der Waals surface area contributed by atoms with Crippen LogP contribution in [0.5, 0.6) is 0 Å². The SMILES string of the molecule is C#CC(=O)N(C)N. The quantitative estimate of drug-likeness (QED) is 0.182. The van der Waals surface area contributed by atoms with Gasteiger partial charge in [0.15, 0.2) is 0 Å². The van der Waals surface area contributed by atoms with Gasteiger partial charge >= 0.3 is 5.91 Å². The Bertz CT molecular complexity index is 111. The van der Waals surface area contributed by atoms with Gasteiger partial charge in [0.05, 0.1) is 0 Å². The summed E-state index contributed by atoms with van der Waals surface area (Å²) in [7, 11) is 1.39. The zero-order chi connectivity index (χ0) is 5.86. The predicted octanol–water partition coefficient (Wildman–Crippen LogP) is -1.05. The Hall–Kier alpha value is -1.01. The van der Waals surface area contributed by atoms with Crippen molar-refractivity contribution in [2.75, 3.05) is 7.05 Å². The van der Waals surface area contributed by atoms with E-state index in [2.05, 4.69) is 6.42 Å². The average Bonchev–Trinajstić information content (AvgIpc) is 1.65.